The van der Waals surface area contributed by atoms with Crippen LogP contribution in [0, 0.1) is 0 Å². The lowest BCUT2D eigenvalue weighted by Gasteiger charge is -2.32. The summed E-state index contributed by atoms with van der Waals surface area (Å²) in [6.07, 6.45) is 10.5. The SMILES string of the molecule is CCC1=CCC(CC)(c2ccc(-c3ccccc3)cc2)C=C1. The van der Waals surface area contributed by atoms with E-state index < -0.39 is 0 Å². The van der Waals surface area contributed by atoms with E-state index in [9.17, 15) is 0 Å². The molecule has 0 radical (unpaired) electrons. The highest BCUT2D eigenvalue weighted by Gasteiger charge is 2.28. The molecule has 0 heterocycles. The van der Waals surface area contributed by atoms with Crippen molar-refractivity contribution in [1.82, 2.24) is 0 Å². The summed E-state index contributed by atoms with van der Waals surface area (Å²) in [6, 6.07) is 19.7. The van der Waals surface area contributed by atoms with Gasteiger partial charge in [0.05, 0.1) is 0 Å². The summed E-state index contributed by atoms with van der Waals surface area (Å²) in [5.41, 5.74) is 5.64. The summed E-state index contributed by atoms with van der Waals surface area (Å²) < 4.78 is 0. The van der Waals surface area contributed by atoms with E-state index in [-0.39, 0.29) is 5.41 Å². The Morgan fingerprint density at radius 1 is 0.864 bits per heavy atom. The van der Waals surface area contributed by atoms with Crippen LogP contribution in [0.15, 0.2) is 78.4 Å². The van der Waals surface area contributed by atoms with Gasteiger partial charge in [-0.1, -0.05) is 92.2 Å². The zero-order chi connectivity index (χ0) is 15.4. The number of benzene rings is 2. The molecule has 1 unspecified atom stereocenters. The second kappa shape index (κ2) is 6.36. The van der Waals surface area contributed by atoms with Crippen LogP contribution in [0.3, 0.4) is 0 Å². The molecule has 1 atom stereocenters. The van der Waals surface area contributed by atoms with Crippen molar-refractivity contribution in [2.75, 3.05) is 0 Å². The lowest BCUT2D eigenvalue weighted by molar-refractivity contribution is 0.515. The van der Waals surface area contributed by atoms with Gasteiger partial charge in [-0.3, -0.25) is 0 Å². The molecule has 0 bridgehead atoms. The van der Waals surface area contributed by atoms with Crippen molar-refractivity contribution >= 4 is 0 Å². The Hall–Kier alpha value is -2.08. The van der Waals surface area contributed by atoms with Gasteiger partial charge >= 0.3 is 0 Å². The van der Waals surface area contributed by atoms with Crippen LogP contribution >= 0.6 is 0 Å². The Kier molecular flexibility index (Phi) is 4.29. The van der Waals surface area contributed by atoms with Crippen LogP contribution in [0.1, 0.15) is 38.7 Å². The molecule has 1 aliphatic rings. The van der Waals surface area contributed by atoms with Crippen LogP contribution in [0.4, 0.5) is 0 Å². The Bertz CT molecular complexity index is 674. The molecule has 0 aliphatic heterocycles. The van der Waals surface area contributed by atoms with Gasteiger partial charge in [-0.2, -0.15) is 0 Å². The highest BCUT2D eigenvalue weighted by molar-refractivity contribution is 5.64. The summed E-state index contributed by atoms with van der Waals surface area (Å²) >= 11 is 0. The van der Waals surface area contributed by atoms with Crippen LogP contribution in [0.5, 0.6) is 0 Å². The minimum absolute atomic E-state index is 0.174. The van der Waals surface area contributed by atoms with Gasteiger partial charge in [0, 0.05) is 5.41 Å². The Morgan fingerprint density at radius 3 is 2.09 bits per heavy atom. The van der Waals surface area contributed by atoms with Gasteiger partial charge in [-0.15, -0.1) is 0 Å². The minimum Gasteiger partial charge on any atom is -0.0801 e. The van der Waals surface area contributed by atoms with E-state index in [4.69, 9.17) is 0 Å². The van der Waals surface area contributed by atoms with Gasteiger partial charge in [0.25, 0.3) is 0 Å². The molecule has 22 heavy (non-hydrogen) atoms. The first-order chi connectivity index (χ1) is 10.8. The highest BCUT2D eigenvalue weighted by atomic mass is 14.3. The van der Waals surface area contributed by atoms with Crippen molar-refractivity contribution in [2.24, 2.45) is 0 Å². The normalized spacial score (nSPS) is 20.7. The van der Waals surface area contributed by atoms with Crippen molar-refractivity contribution in [1.29, 1.82) is 0 Å². The number of hydrogen-bond donors (Lipinski definition) is 0. The largest absolute Gasteiger partial charge is 0.0801 e. The third-order valence-electron chi connectivity index (χ3n) is 4.95. The van der Waals surface area contributed by atoms with E-state index >= 15 is 0 Å². The van der Waals surface area contributed by atoms with E-state index in [0.717, 1.165) is 19.3 Å². The van der Waals surface area contributed by atoms with Crippen LogP contribution in [-0.4, -0.2) is 0 Å². The summed E-state index contributed by atoms with van der Waals surface area (Å²) in [5.74, 6) is 0. The molecule has 1 aliphatic carbocycles. The first kappa shape index (κ1) is 14.8. The second-order valence-electron chi connectivity index (χ2n) is 6.12. The first-order valence-corrected chi connectivity index (χ1v) is 8.31. The summed E-state index contributed by atoms with van der Waals surface area (Å²) in [4.78, 5) is 0. The Labute approximate surface area is 134 Å². The number of rotatable bonds is 4. The third-order valence-corrected chi connectivity index (χ3v) is 4.95. The van der Waals surface area contributed by atoms with Crippen molar-refractivity contribution in [3.05, 3.63) is 84.0 Å². The Morgan fingerprint density at radius 2 is 1.55 bits per heavy atom. The van der Waals surface area contributed by atoms with Crippen LogP contribution in [0.25, 0.3) is 11.1 Å². The molecule has 0 saturated carbocycles. The second-order valence-corrected chi connectivity index (χ2v) is 6.12. The molecule has 112 valence electrons. The summed E-state index contributed by atoms with van der Waals surface area (Å²) in [7, 11) is 0. The average molecular weight is 288 g/mol. The van der Waals surface area contributed by atoms with Gasteiger partial charge in [0.1, 0.15) is 0 Å². The molecule has 3 rings (SSSR count). The molecule has 0 saturated heterocycles. The molecule has 0 nitrogen and oxygen atoms in total. The lowest BCUT2D eigenvalue weighted by atomic mass is 9.72. The van der Waals surface area contributed by atoms with Gasteiger partial charge in [0.15, 0.2) is 0 Å². The molecule has 0 amide bonds. The van der Waals surface area contributed by atoms with Crippen molar-refractivity contribution in [2.45, 2.75) is 38.5 Å². The maximum absolute atomic E-state index is 2.42. The zero-order valence-corrected chi connectivity index (χ0v) is 13.5. The third kappa shape index (κ3) is 2.78. The van der Waals surface area contributed by atoms with Gasteiger partial charge < -0.3 is 0 Å². The molecule has 0 fully saturated rings. The van der Waals surface area contributed by atoms with Gasteiger partial charge in [-0.25, -0.2) is 0 Å². The standard InChI is InChI=1S/C22H24/c1-3-18-14-16-22(4-2,17-15-18)21-12-10-20(11-13-21)19-8-6-5-7-9-19/h5-16H,3-4,17H2,1-2H3. The average Bonchev–Trinajstić information content (AvgIpc) is 2.63. The predicted octanol–water partition coefficient (Wildman–Crippen LogP) is 6.30. The smallest absolute Gasteiger partial charge is 0.0167 e. The Balaban J connectivity index is 1.89. The van der Waals surface area contributed by atoms with Crippen LogP contribution in [0.2, 0.25) is 0 Å². The van der Waals surface area contributed by atoms with Crippen LogP contribution < -0.4 is 0 Å². The molecule has 0 aromatic heterocycles. The summed E-state index contributed by atoms with van der Waals surface area (Å²) in [5, 5.41) is 0. The van der Waals surface area contributed by atoms with E-state index in [1.54, 1.807) is 0 Å². The predicted molar refractivity (Wildman–Crippen MR) is 96.0 cm³/mol. The quantitative estimate of drug-likeness (QED) is 0.619. The summed E-state index contributed by atoms with van der Waals surface area (Å²) in [6.45, 7) is 4.52. The number of allylic oxidation sites excluding steroid dienone is 4. The fraction of sp³-hybridized carbons (Fsp3) is 0.273. The number of hydrogen-bond acceptors (Lipinski definition) is 0. The van der Waals surface area contributed by atoms with Crippen LogP contribution in [-0.2, 0) is 5.41 Å². The fourth-order valence-electron chi connectivity index (χ4n) is 3.28. The topological polar surface area (TPSA) is 0 Å². The monoisotopic (exact) mass is 288 g/mol. The van der Waals surface area contributed by atoms with Gasteiger partial charge in [0.2, 0.25) is 0 Å². The molecule has 0 N–H and O–H groups in total. The minimum atomic E-state index is 0.174. The van der Waals surface area contributed by atoms with Crippen molar-refractivity contribution in [3.8, 4) is 11.1 Å². The highest BCUT2D eigenvalue weighted by Crippen LogP contribution is 2.38. The van der Waals surface area contributed by atoms with E-state index in [2.05, 4.69) is 86.7 Å². The molecular weight excluding hydrogens is 264 g/mol. The lowest BCUT2D eigenvalue weighted by Crippen LogP contribution is -2.23. The molecule has 0 spiro atoms. The van der Waals surface area contributed by atoms with E-state index in [1.807, 2.05) is 0 Å². The molecule has 0 heteroatoms. The molecule has 2 aromatic rings. The maximum atomic E-state index is 2.42. The van der Waals surface area contributed by atoms with Gasteiger partial charge in [-0.05, 0) is 36.0 Å². The molecule has 2 aromatic carbocycles. The van der Waals surface area contributed by atoms with E-state index in [0.29, 0.717) is 0 Å². The van der Waals surface area contributed by atoms with E-state index in [1.165, 1.54) is 22.3 Å². The van der Waals surface area contributed by atoms with Crippen molar-refractivity contribution < 1.29 is 0 Å². The molecular formula is C22H24. The first-order valence-electron chi connectivity index (χ1n) is 8.31. The van der Waals surface area contributed by atoms with Crippen molar-refractivity contribution in [3.63, 3.8) is 0 Å². The zero-order valence-electron chi connectivity index (χ0n) is 13.5. The fourth-order valence-corrected chi connectivity index (χ4v) is 3.28. The maximum Gasteiger partial charge on any atom is 0.0167 e.